The van der Waals surface area contributed by atoms with E-state index < -0.39 is 17.5 Å². The van der Waals surface area contributed by atoms with Crippen LogP contribution in [0.25, 0.3) is 15.9 Å². The number of aryl methyl sites for hydroxylation is 2. The molecule has 2 saturated carbocycles. The first kappa shape index (κ1) is 25.4. The van der Waals surface area contributed by atoms with Crippen molar-refractivity contribution in [1.29, 1.82) is 0 Å². The fourth-order valence-electron chi connectivity index (χ4n) is 5.86. The summed E-state index contributed by atoms with van der Waals surface area (Å²) in [6.07, 6.45) is 4.56. The van der Waals surface area contributed by atoms with Crippen LogP contribution in [0.3, 0.4) is 0 Å². The molecule has 6 rings (SSSR count). The van der Waals surface area contributed by atoms with Gasteiger partial charge in [-0.25, -0.2) is 18.4 Å². The predicted octanol–water partition coefficient (Wildman–Crippen LogP) is 4.90. The first-order valence-electron chi connectivity index (χ1n) is 12.7. The van der Waals surface area contributed by atoms with Gasteiger partial charge in [-0.05, 0) is 75.6 Å². The van der Waals surface area contributed by atoms with Gasteiger partial charge in [0.15, 0.2) is 5.82 Å². The fraction of sp³-hybridized carbons (Fsp3) is 0.357. The van der Waals surface area contributed by atoms with Gasteiger partial charge in [-0.2, -0.15) is 5.10 Å². The Bertz CT molecular complexity index is 1650. The highest BCUT2D eigenvalue weighted by Gasteiger charge is 2.54. The molecule has 1 aromatic carbocycles. The number of nitrogens with one attached hydrogen (secondary N) is 1. The van der Waals surface area contributed by atoms with E-state index in [2.05, 4.69) is 15.4 Å². The summed E-state index contributed by atoms with van der Waals surface area (Å²) in [6, 6.07) is 5.00. The number of carbonyl (C=O) groups is 2. The smallest absolute Gasteiger partial charge is 0.254 e. The van der Waals surface area contributed by atoms with Crippen LogP contribution in [0.1, 0.15) is 62.5 Å². The second kappa shape index (κ2) is 9.11. The number of pyridine rings is 1. The Balaban J connectivity index is 1.07. The lowest BCUT2D eigenvalue weighted by Crippen LogP contribution is -2.58. The Hall–Kier alpha value is -3.86. The lowest BCUT2D eigenvalue weighted by atomic mass is 9.53. The van der Waals surface area contributed by atoms with E-state index in [1.54, 1.807) is 24.3 Å². The molecule has 4 aromatic rings. The number of thiophene rings is 1. The summed E-state index contributed by atoms with van der Waals surface area (Å²) in [6.45, 7) is 5.70. The van der Waals surface area contributed by atoms with Crippen molar-refractivity contribution in [2.75, 3.05) is 0 Å². The molecule has 0 bridgehead atoms. The molecule has 2 aliphatic rings. The molecule has 0 aliphatic heterocycles. The molecule has 0 radical (unpaired) electrons. The van der Waals surface area contributed by atoms with E-state index >= 15 is 0 Å². The number of halogens is 2. The van der Waals surface area contributed by atoms with Crippen molar-refractivity contribution in [3.05, 3.63) is 69.4 Å². The summed E-state index contributed by atoms with van der Waals surface area (Å²) < 4.78 is 35.8. The lowest BCUT2D eigenvalue weighted by molar-refractivity contribution is -0.0847. The molecule has 2 aliphatic carbocycles. The maximum atomic E-state index is 14.2. The number of ether oxygens (including phenoxy) is 1. The third-order valence-corrected chi connectivity index (χ3v) is 9.19. The van der Waals surface area contributed by atoms with Crippen LogP contribution < -0.4 is 15.8 Å². The monoisotopic (exact) mass is 551 g/mol. The predicted molar refractivity (Wildman–Crippen MR) is 142 cm³/mol. The highest BCUT2D eigenvalue weighted by Crippen LogP contribution is 2.57. The maximum absolute atomic E-state index is 14.2. The van der Waals surface area contributed by atoms with Gasteiger partial charge in [0.25, 0.3) is 11.8 Å². The van der Waals surface area contributed by atoms with Crippen molar-refractivity contribution in [3.8, 4) is 11.6 Å². The normalized spacial score (nSPS) is 22.0. The molecule has 8 nitrogen and oxygen atoms in total. The Kier molecular flexibility index (Phi) is 5.94. The van der Waals surface area contributed by atoms with Gasteiger partial charge in [0.05, 0.1) is 27.7 Å². The number of hydrogen-bond donors (Lipinski definition) is 2. The van der Waals surface area contributed by atoms with Crippen LogP contribution in [0.5, 0.6) is 5.88 Å². The van der Waals surface area contributed by atoms with E-state index in [0.29, 0.717) is 16.8 Å². The van der Waals surface area contributed by atoms with E-state index in [9.17, 15) is 18.4 Å². The molecular weight excluding hydrogens is 524 g/mol. The van der Waals surface area contributed by atoms with Gasteiger partial charge in [-0.1, -0.05) is 0 Å². The molecule has 0 saturated heterocycles. The Morgan fingerprint density at radius 1 is 1.13 bits per heavy atom. The quantitative estimate of drug-likeness (QED) is 0.354. The number of aromatic nitrogens is 3. The minimum absolute atomic E-state index is 0.0100. The van der Waals surface area contributed by atoms with Crippen LogP contribution in [-0.4, -0.2) is 38.7 Å². The molecule has 2 fully saturated rings. The molecule has 39 heavy (non-hydrogen) atoms. The zero-order valence-electron chi connectivity index (χ0n) is 21.7. The van der Waals surface area contributed by atoms with Crippen molar-refractivity contribution in [3.63, 3.8) is 0 Å². The second-order valence-corrected chi connectivity index (χ2v) is 12.0. The summed E-state index contributed by atoms with van der Waals surface area (Å²) in [5.41, 5.74) is 8.78. The van der Waals surface area contributed by atoms with Gasteiger partial charge in [0.1, 0.15) is 23.2 Å². The standard InChI is InChI=1S/C28H27F2N5O3S/c1-13-15(3)39-23-7-19(25(31)36)27(34-24(13)23)38-18-10-28(11-18)8-17(9-28)33-26(37)20-12-32-35(14(20)2)22-5-4-16(29)6-21(22)30/h4-7,12,17-18H,8-11H2,1-3H3,(H2,31,36)(H,33,37)/t17-,18-,28?. The van der Waals surface area contributed by atoms with Crippen LogP contribution in [0.2, 0.25) is 0 Å². The van der Waals surface area contributed by atoms with Crippen LogP contribution in [0, 0.1) is 37.8 Å². The maximum Gasteiger partial charge on any atom is 0.254 e. The molecular formula is C28H27F2N5O3S. The summed E-state index contributed by atoms with van der Waals surface area (Å²) in [4.78, 5) is 30.8. The zero-order valence-corrected chi connectivity index (χ0v) is 22.5. The third-order valence-electron chi connectivity index (χ3n) is 8.05. The molecule has 0 unspecified atom stereocenters. The number of carbonyl (C=O) groups excluding carboxylic acids is 2. The minimum Gasteiger partial charge on any atom is -0.474 e. The van der Waals surface area contributed by atoms with Gasteiger partial charge in [-0.15, -0.1) is 11.3 Å². The average molecular weight is 552 g/mol. The van der Waals surface area contributed by atoms with Crippen LogP contribution in [0.4, 0.5) is 8.78 Å². The van der Waals surface area contributed by atoms with E-state index in [1.165, 1.54) is 16.9 Å². The lowest BCUT2D eigenvalue weighted by Gasteiger charge is -2.57. The molecule has 3 aromatic heterocycles. The summed E-state index contributed by atoms with van der Waals surface area (Å²) >= 11 is 1.58. The molecule has 3 N–H and O–H groups in total. The van der Waals surface area contributed by atoms with Gasteiger partial charge in [-0.3, -0.25) is 9.59 Å². The number of primary amides is 1. The first-order valence-corrected chi connectivity index (χ1v) is 13.5. The van der Waals surface area contributed by atoms with Crippen molar-refractivity contribution in [2.24, 2.45) is 11.1 Å². The minimum atomic E-state index is -0.755. The summed E-state index contributed by atoms with van der Waals surface area (Å²) in [5.74, 6) is -2.00. The van der Waals surface area contributed by atoms with Crippen molar-refractivity contribution in [1.82, 2.24) is 20.1 Å². The topological polar surface area (TPSA) is 112 Å². The highest BCUT2D eigenvalue weighted by molar-refractivity contribution is 7.19. The fourth-order valence-corrected chi connectivity index (χ4v) is 6.91. The Morgan fingerprint density at radius 3 is 2.56 bits per heavy atom. The Labute approximate surface area is 227 Å². The number of rotatable bonds is 6. The highest BCUT2D eigenvalue weighted by atomic mass is 32.1. The van der Waals surface area contributed by atoms with Gasteiger partial charge < -0.3 is 15.8 Å². The number of benzene rings is 1. The van der Waals surface area contributed by atoms with Gasteiger partial charge >= 0.3 is 0 Å². The molecule has 1 spiro atoms. The molecule has 3 heterocycles. The van der Waals surface area contributed by atoms with E-state index in [-0.39, 0.29) is 35.0 Å². The molecule has 2 amide bonds. The van der Waals surface area contributed by atoms with Crippen LogP contribution in [-0.2, 0) is 0 Å². The van der Waals surface area contributed by atoms with Crippen LogP contribution >= 0.6 is 11.3 Å². The Morgan fingerprint density at radius 2 is 1.87 bits per heavy atom. The van der Waals surface area contributed by atoms with Crippen molar-refractivity contribution < 1.29 is 23.1 Å². The van der Waals surface area contributed by atoms with E-state index in [4.69, 9.17) is 10.5 Å². The second-order valence-electron chi connectivity index (χ2n) is 10.7. The molecule has 202 valence electrons. The van der Waals surface area contributed by atoms with E-state index in [1.807, 2.05) is 13.8 Å². The van der Waals surface area contributed by atoms with Gasteiger partial charge in [0, 0.05) is 17.0 Å². The van der Waals surface area contributed by atoms with Crippen molar-refractivity contribution in [2.45, 2.75) is 58.6 Å². The largest absolute Gasteiger partial charge is 0.474 e. The van der Waals surface area contributed by atoms with Gasteiger partial charge in [0.2, 0.25) is 5.88 Å². The zero-order chi connectivity index (χ0) is 27.6. The number of amides is 2. The third kappa shape index (κ3) is 4.34. The SMILES string of the molecule is Cc1sc2cc(C(N)=O)c(O[C@H]3CC4(C[C@H](NC(=O)c5cnn(-c6ccc(F)cc6F)c5C)C4)C3)nc2c1C. The number of hydrogen-bond acceptors (Lipinski definition) is 6. The van der Waals surface area contributed by atoms with Crippen LogP contribution in [0.15, 0.2) is 30.5 Å². The molecule has 11 heteroatoms. The average Bonchev–Trinajstić information content (AvgIpc) is 3.34. The first-order chi connectivity index (χ1) is 18.5. The summed E-state index contributed by atoms with van der Waals surface area (Å²) in [5, 5.41) is 7.18. The number of fused-ring (bicyclic) bond motifs is 1. The van der Waals surface area contributed by atoms with E-state index in [0.717, 1.165) is 58.5 Å². The molecule has 0 atom stereocenters. The summed E-state index contributed by atoms with van der Waals surface area (Å²) in [7, 11) is 0. The number of nitrogens with two attached hydrogens (primary N) is 1. The van der Waals surface area contributed by atoms with Crippen molar-refractivity contribution >= 4 is 33.4 Å². The number of nitrogens with zero attached hydrogens (tertiary/aromatic N) is 3.